The SMILES string of the molecule is C=C/C(=C\C=C\C)C(C)c1ccc(F)cc1. The first-order valence-electron chi connectivity index (χ1n) is 5.39. The molecule has 0 heterocycles. The highest BCUT2D eigenvalue weighted by Gasteiger charge is 2.07. The standard InChI is InChI=1S/C15H17F/c1-4-6-7-13(5-2)12(3)14-8-10-15(16)11-9-14/h4-12H,2H2,1,3H3/b6-4+,13-7+. The fourth-order valence-corrected chi connectivity index (χ4v) is 1.54. The molecule has 1 unspecified atom stereocenters. The van der Waals surface area contributed by atoms with Gasteiger partial charge in [0.2, 0.25) is 0 Å². The van der Waals surface area contributed by atoms with Gasteiger partial charge in [0.1, 0.15) is 5.82 Å². The molecule has 16 heavy (non-hydrogen) atoms. The number of hydrogen-bond acceptors (Lipinski definition) is 0. The predicted octanol–water partition coefficient (Wildman–Crippen LogP) is 4.62. The summed E-state index contributed by atoms with van der Waals surface area (Å²) in [5, 5.41) is 0. The van der Waals surface area contributed by atoms with Crippen LogP contribution in [0.3, 0.4) is 0 Å². The van der Waals surface area contributed by atoms with Crippen molar-refractivity contribution in [3.05, 3.63) is 72.1 Å². The van der Waals surface area contributed by atoms with Gasteiger partial charge in [0.15, 0.2) is 0 Å². The van der Waals surface area contributed by atoms with Crippen LogP contribution >= 0.6 is 0 Å². The Kier molecular flexibility index (Phi) is 4.71. The predicted molar refractivity (Wildman–Crippen MR) is 67.9 cm³/mol. The fraction of sp³-hybridized carbons (Fsp3) is 0.200. The first kappa shape index (κ1) is 12.4. The van der Waals surface area contributed by atoms with E-state index in [-0.39, 0.29) is 11.7 Å². The highest BCUT2D eigenvalue weighted by atomic mass is 19.1. The van der Waals surface area contributed by atoms with Crippen LogP contribution in [0.25, 0.3) is 0 Å². The molecule has 84 valence electrons. The van der Waals surface area contributed by atoms with Crippen molar-refractivity contribution >= 4 is 0 Å². The van der Waals surface area contributed by atoms with Crippen LogP contribution in [-0.2, 0) is 0 Å². The molecule has 1 atom stereocenters. The number of rotatable bonds is 4. The van der Waals surface area contributed by atoms with E-state index in [9.17, 15) is 4.39 Å². The molecule has 0 amide bonds. The van der Waals surface area contributed by atoms with Gasteiger partial charge >= 0.3 is 0 Å². The smallest absolute Gasteiger partial charge is 0.123 e. The lowest BCUT2D eigenvalue weighted by molar-refractivity contribution is 0.626. The van der Waals surface area contributed by atoms with Gasteiger partial charge in [0.05, 0.1) is 0 Å². The lowest BCUT2D eigenvalue weighted by Crippen LogP contribution is -1.95. The van der Waals surface area contributed by atoms with Gasteiger partial charge in [-0.15, -0.1) is 0 Å². The summed E-state index contributed by atoms with van der Waals surface area (Å²) in [6.07, 6.45) is 7.83. The van der Waals surface area contributed by atoms with E-state index in [1.807, 2.05) is 43.4 Å². The molecule has 0 fully saturated rings. The Morgan fingerprint density at radius 2 is 1.94 bits per heavy atom. The molecule has 0 bridgehead atoms. The molecule has 0 aliphatic rings. The largest absolute Gasteiger partial charge is 0.207 e. The van der Waals surface area contributed by atoms with Gasteiger partial charge < -0.3 is 0 Å². The van der Waals surface area contributed by atoms with Gasteiger partial charge in [-0.05, 0) is 30.2 Å². The van der Waals surface area contributed by atoms with Gasteiger partial charge in [-0.2, -0.15) is 0 Å². The zero-order valence-electron chi connectivity index (χ0n) is 9.78. The lowest BCUT2D eigenvalue weighted by atomic mass is 9.92. The molecule has 0 aliphatic heterocycles. The minimum absolute atomic E-state index is 0.200. The van der Waals surface area contributed by atoms with E-state index in [2.05, 4.69) is 13.5 Å². The molecular weight excluding hydrogens is 199 g/mol. The summed E-state index contributed by atoms with van der Waals surface area (Å²) >= 11 is 0. The monoisotopic (exact) mass is 216 g/mol. The van der Waals surface area contributed by atoms with Crippen molar-refractivity contribution in [1.82, 2.24) is 0 Å². The molecule has 1 aromatic carbocycles. The maximum Gasteiger partial charge on any atom is 0.123 e. The third-order valence-corrected chi connectivity index (χ3v) is 2.59. The Morgan fingerprint density at radius 3 is 2.44 bits per heavy atom. The highest BCUT2D eigenvalue weighted by Crippen LogP contribution is 2.24. The molecule has 0 spiro atoms. The average molecular weight is 216 g/mol. The normalized spacial score (nSPS) is 14.1. The Labute approximate surface area is 96.8 Å². The van der Waals surface area contributed by atoms with E-state index < -0.39 is 0 Å². The minimum Gasteiger partial charge on any atom is -0.207 e. The summed E-state index contributed by atoms with van der Waals surface area (Å²) in [5.74, 6) is 0.0304. The summed E-state index contributed by atoms with van der Waals surface area (Å²) < 4.78 is 12.8. The Balaban J connectivity index is 2.95. The third-order valence-electron chi connectivity index (χ3n) is 2.59. The molecule has 0 saturated carbocycles. The molecule has 0 aromatic heterocycles. The zero-order chi connectivity index (χ0) is 12.0. The molecule has 0 N–H and O–H groups in total. The second kappa shape index (κ2) is 6.06. The Hall–Kier alpha value is -1.63. The van der Waals surface area contributed by atoms with Gasteiger partial charge in [-0.1, -0.05) is 49.9 Å². The van der Waals surface area contributed by atoms with E-state index in [0.29, 0.717) is 0 Å². The van der Waals surface area contributed by atoms with Crippen LogP contribution < -0.4 is 0 Å². The highest BCUT2D eigenvalue weighted by molar-refractivity contribution is 5.35. The molecule has 1 aromatic rings. The van der Waals surface area contributed by atoms with E-state index in [4.69, 9.17) is 0 Å². The van der Waals surface area contributed by atoms with Crippen LogP contribution in [0.15, 0.2) is 60.7 Å². The van der Waals surface area contributed by atoms with Crippen molar-refractivity contribution in [2.75, 3.05) is 0 Å². The maximum absolute atomic E-state index is 12.8. The number of halogens is 1. The summed E-state index contributed by atoms with van der Waals surface area (Å²) in [5.41, 5.74) is 2.22. The van der Waals surface area contributed by atoms with Gasteiger partial charge in [0.25, 0.3) is 0 Å². The van der Waals surface area contributed by atoms with Crippen LogP contribution in [0.5, 0.6) is 0 Å². The van der Waals surface area contributed by atoms with Crippen molar-refractivity contribution in [2.24, 2.45) is 0 Å². The summed E-state index contributed by atoms with van der Waals surface area (Å²) in [4.78, 5) is 0. The number of allylic oxidation sites excluding steroid dienone is 5. The number of benzene rings is 1. The van der Waals surface area contributed by atoms with Gasteiger partial charge in [0, 0.05) is 5.92 Å². The van der Waals surface area contributed by atoms with Crippen LogP contribution in [-0.4, -0.2) is 0 Å². The van der Waals surface area contributed by atoms with Gasteiger partial charge in [-0.25, -0.2) is 4.39 Å². The minimum atomic E-state index is -0.200. The summed E-state index contributed by atoms with van der Waals surface area (Å²) in [7, 11) is 0. The van der Waals surface area contributed by atoms with Crippen molar-refractivity contribution in [1.29, 1.82) is 0 Å². The topological polar surface area (TPSA) is 0 Å². The molecule has 1 heteroatoms. The first-order valence-corrected chi connectivity index (χ1v) is 5.39. The third kappa shape index (κ3) is 3.20. The molecule has 0 saturated heterocycles. The summed E-state index contributed by atoms with van der Waals surface area (Å²) in [6, 6.07) is 6.60. The number of hydrogen-bond donors (Lipinski definition) is 0. The van der Waals surface area contributed by atoms with E-state index in [1.54, 1.807) is 0 Å². The van der Waals surface area contributed by atoms with Gasteiger partial charge in [-0.3, -0.25) is 0 Å². The van der Waals surface area contributed by atoms with Crippen LogP contribution in [0, 0.1) is 5.82 Å². The Bertz CT molecular complexity index is 396. The van der Waals surface area contributed by atoms with E-state index in [0.717, 1.165) is 11.1 Å². The van der Waals surface area contributed by atoms with Crippen molar-refractivity contribution in [3.63, 3.8) is 0 Å². The first-order chi connectivity index (χ1) is 7.69. The Morgan fingerprint density at radius 1 is 1.31 bits per heavy atom. The second-order valence-corrected chi connectivity index (χ2v) is 3.67. The van der Waals surface area contributed by atoms with Crippen LogP contribution in [0.4, 0.5) is 4.39 Å². The van der Waals surface area contributed by atoms with Crippen LogP contribution in [0.2, 0.25) is 0 Å². The zero-order valence-corrected chi connectivity index (χ0v) is 9.78. The average Bonchev–Trinajstić information content (AvgIpc) is 2.30. The lowest BCUT2D eigenvalue weighted by Gasteiger charge is -2.12. The molecular formula is C15H17F. The summed E-state index contributed by atoms with van der Waals surface area (Å²) in [6.45, 7) is 7.86. The fourth-order valence-electron chi connectivity index (χ4n) is 1.54. The second-order valence-electron chi connectivity index (χ2n) is 3.67. The molecule has 1 rings (SSSR count). The van der Waals surface area contributed by atoms with Crippen molar-refractivity contribution in [2.45, 2.75) is 19.8 Å². The maximum atomic E-state index is 12.8. The van der Waals surface area contributed by atoms with Crippen molar-refractivity contribution in [3.8, 4) is 0 Å². The van der Waals surface area contributed by atoms with Crippen molar-refractivity contribution < 1.29 is 4.39 Å². The van der Waals surface area contributed by atoms with E-state index >= 15 is 0 Å². The quantitative estimate of drug-likeness (QED) is 0.644. The molecule has 0 radical (unpaired) electrons. The molecule has 0 aliphatic carbocycles. The van der Waals surface area contributed by atoms with Crippen LogP contribution in [0.1, 0.15) is 25.3 Å². The molecule has 0 nitrogen and oxygen atoms in total. The van der Waals surface area contributed by atoms with E-state index in [1.165, 1.54) is 12.1 Å².